The van der Waals surface area contributed by atoms with E-state index in [0.717, 1.165) is 11.1 Å². The zero-order valence-electron chi connectivity index (χ0n) is 16.0. The van der Waals surface area contributed by atoms with E-state index in [-0.39, 0.29) is 18.1 Å². The number of hydrogen-bond acceptors (Lipinski definition) is 5. The van der Waals surface area contributed by atoms with E-state index in [4.69, 9.17) is 4.52 Å². The minimum Gasteiger partial charge on any atom is -0.355 e. The van der Waals surface area contributed by atoms with E-state index in [1.54, 1.807) is 18.6 Å². The summed E-state index contributed by atoms with van der Waals surface area (Å²) in [5, 5.41) is 9.06. The fourth-order valence-corrected chi connectivity index (χ4v) is 2.86. The van der Waals surface area contributed by atoms with Crippen molar-refractivity contribution in [2.24, 2.45) is 0 Å². The molecule has 2 aromatic carbocycles. The summed E-state index contributed by atoms with van der Waals surface area (Å²) in [7, 11) is 0. The molecule has 30 heavy (non-hydrogen) atoms. The number of nitrogens with zero attached hydrogens (tertiary/aromatic N) is 3. The van der Waals surface area contributed by atoms with Gasteiger partial charge in [0.2, 0.25) is 5.91 Å². The summed E-state index contributed by atoms with van der Waals surface area (Å²) in [6.45, 7) is 0.524. The average molecular weight is 401 g/mol. The lowest BCUT2D eigenvalue weighted by molar-refractivity contribution is -0.115. The van der Waals surface area contributed by atoms with Gasteiger partial charge in [-0.25, -0.2) is 4.98 Å². The van der Waals surface area contributed by atoms with Gasteiger partial charge in [-0.2, -0.15) is 0 Å². The highest BCUT2D eigenvalue weighted by Crippen LogP contribution is 2.19. The predicted octanol–water partition coefficient (Wildman–Crippen LogP) is 2.95. The third-order valence-corrected chi connectivity index (χ3v) is 4.37. The molecule has 8 heteroatoms. The summed E-state index contributed by atoms with van der Waals surface area (Å²) in [4.78, 5) is 28.4. The molecular formula is C22H19N5O3. The van der Waals surface area contributed by atoms with Gasteiger partial charge in [-0.3, -0.25) is 9.59 Å². The van der Waals surface area contributed by atoms with Gasteiger partial charge < -0.3 is 19.7 Å². The predicted molar refractivity (Wildman–Crippen MR) is 111 cm³/mol. The van der Waals surface area contributed by atoms with E-state index in [2.05, 4.69) is 20.8 Å². The Balaban J connectivity index is 1.27. The molecule has 150 valence electrons. The molecule has 0 atom stereocenters. The maximum atomic E-state index is 12.2. The van der Waals surface area contributed by atoms with Crippen LogP contribution in [-0.4, -0.2) is 33.1 Å². The van der Waals surface area contributed by atoms with Crippen LogP contribution in [0, 0.1) is 0 Å². The molecule has 2 N–H and O–H groups in total. The van der Waals surface area contributed by atoms with Crippen LogP contribution in [0.4, 0.5) is 5.69 Å². The van der Waals surface area contributed by atoms with Gasteiger partial charge in [0.15, 0.2) is 11.5 Å². The first-order chi connectivity index (χ1) is 14.7. The number of carbonyl (C=O) groups excluding carboxylic acids is 2. The number of rotatable bonds is 7. The smallest absolute Gasteiger partial charge is 0.273 e. The lowest BCUT2D eigenvalue weighted by Gasteiger charge is -2.07. The number of anilines is 1. The van der Waals surface area contributed by atoms with Crippen LogP contribution in [0.1, 0.15) is 16.1 Å². The summed E-state index contributed by atoms with van der Waals surface area (Å²) >= 11 is 0. The third-order valence-electron chi connectivity index (χ3n) is 4.37. The molecule has 2 heterocycles. The molecule has 0 saturated heterocycles. The zero-order chi connectivity index (χ0) is 20.8. The molecule has 2 aromatic heterocycles. The van der Waals surface area contributed by atoms with Gasteiger partial charge in [-0.05, 0) is 17.7 Å². The number of carbonyl (C=O) groups is 2. The Morgan fingerprint density at radius 2 is 1.83 bits per heavy atom. The lowest BCUT2D eigenvalue weighted by Crippen LogP contribution is -2.33. The van der Waals surface area contributed by atoms with Gasteiger partial charge in [0.1, 0.15) is 0 Å². The normalized spacial score (nSPS) is 10.5. The molecule has 0 radical (unpaired) electrons. The van der Waals surface area contributed by atoms with E-state index >= 15 is 0 Å². The second-order valence-corrected chi connectivity index (χ2v) is 6.61. The summed E-state index contributed by atoms with van der Waals surface area (Å²) in [6.07, 6.45) is 5.36. The zero-order valence-corrected chi connectivity index (χ0v) is 16.0. The van der Waals surface area contributed by atoms with Gasteiger partial charge >= 0.3 is 0 Å². The highest BCUT2D eigenvalue weighted by Gasteiger charge is 2.14. The Hall–Kier alpha value is -4.20. The molecule has 0 aliphatic heterocycles. The van der Waals surface area contributed by atoms with Crippen molar-refractivity contribution in [3.63, 3.8) is 0 Å². The monoisotopic (exact) mass is 401 g/mol. The number of aromatic nitrogens is 3. The molecule has 0 bridgehead atoms. The molecule has 0 unspecified atom stereocenters. The third kappa shape index (κ3) is 4.79. The molecule has 0 fully saturated rings. The van der Waals surface area contributed by atoms with Crippen molar-refractivity contribution in [3.05, 3.63) is 90.6 Å². The van der Waals surface area contributed by atoms with Crippen LogP contribution in [0.5, 0.6) is 0 Å². The maximum absolute atomic E-state index is 12.2. The molecule has 0 spiro atoms. The van der Waals surface area contributed by atoms with Gasteiger partial charge in [-0.1, -0.05) is 47.6 Å². The Bertz CT molecular complexity index is 1120. The van der Waals surface area contributed by atoms with E-state index in [1.807, 2.05) is 65.4 Å². The second-order valence-electron chi connectivity index (χ2n) is 6.61. The molecule has 8 nitrogen and oxygen atoms in total. The summed E-state index contributed by atoms with van der Waals surface area (Å²) in [5.74, 6) is -0.328. The number of amides is 2. The first kappa shape index (κ1) is 19.1. The quantitative estimate of drug-likeness (QED) is 0.496. The van der Waals surface area contributed by atoms with Crippen molar-refractivity contribution in [2.45, 2.75) is 6.54 Å². The van der Waals surface area contributed by atoms with Crippen molar-refractivity contribution in [1.82, 2.24) is 20.0 Å². The first-order valence-corrected chi connectivity index (χ1v) is 9.32. The van der Waals surface area contributed by atoms with Crippen molar-refractivity contribution in [2.75, 3.05) is 11.9 Å². The van der Waals surface area contributed by atoms with E-state index in [9.17, 15) is 9.59 Å². The van der Waals surface area contributed by atoms with Crippen molar-refractivity contribution in [1.29, 1.82) is 0 Å². The second kappa shape index (κ2) is 8.87. The minimum atomic E-state index is -0.480. The van der Waals surface area contributed by atoms with Crippen LogP contribution in [-0.2, 0) is 11.3 Å². The molecule has 0 aliphatic rings. The van der Waals surface area contributed by atoms with Gasteiger partial charge in [0.05, 0.1) is 12.9 Å². The van der Waals surface area contributed by atoms with Crippen molar-refractivity contribution < 1.29 is 14.1 Å². The van der Waals surface area contributed by atoms with Crippen LogP contribution >= 0.6 is 0 Å². The molecule has 0 saturated carbocycles. The molecule has 2 amide bonds. The van der Waals surface area contributed by atoms with Crippen molar-refractivity contribution in [3.8, 4) is 11.3 Å². The van der Waals surface area contributed by atoms with Crippen LogP contribution in [0.2, 0.25) is 0 Å². The highest BCUT2D eigenvalue weighted by atomic mass is 16.5. The standard InChI is InChI=1S/C22H19N5O3/c28-21(25-18-8-6-16(7-9-18)14-27-11-10-23-15-27)13-24-22(29)19-12-20(30-26-19)17-4-2-1-3-5-17/h1-12,15H,13-14H2,(H,24,29)(H,25,28). The van der Waals surface area contributed by atoms with E-state index < -0.39 is 5.91 Å². The average Bonchev–Trinajstić information content (AvgIpc) is 3.46. The summed E-state index contributed by atoms with van der Waals surface area (Å²) < 4.78 is 7.16. The molecule has 0 aliphatic carbocycles. The maximum Gasteiger partial charge on any atom is 0.273 e. The number of imidazole rings is 1. The topological polar surface area (TPSA) is 102 Å². The number of nitrogens with one attached hydrogen (secondary N) is 2. The Morgan fingerprint density at radius 3 is 2.57 bits per heavy atom. The molecular weight excluding hydrogens is 382 g/mol. The SMILES string of the molecule is O=C(CNC(=O)c1cc(-c2ccccc2)on1)Nc1ccc(Cn2ccnc2)cc1. The van der Waals surface area contributed by atoms with Gasteiger partial charge in [0.25, 0.3) is 5.91 Å². The van der Waals surface area contributed by atoms with Crippen LogP contribution < -0.4 is 10.6 Å². The van der Waals surface area contributed by atoms with Gasteiger partial charge in [0, 0.05) is 36.3 Å². The van der Waals surface area contributed by atoms with Crippen LogP contribution in [0.3, 0.4) is 0 Å². The van der Waals surface area contributed by atoms with Crippen LogP contribution in [0.15, 0.2) is 83.9 Å². The number of benzene rings is 2. The molecule has 4 aromatic rings. The van der Waals surface area contributed by atoms with Gasteiger partial charge in [-0.15, -0.1) is 0 Å². The lowest BCUT2D eigenvalue weighted by atomic mass is 10.1. The van der Waals surface area contributed by atoms with E-state index in [0.29, 0.717) is 18.0 Å². The Kier molecular flexibility index (Phi) is 5.66. The molecule has 4 rings (SSSR count). The fourth-order valence-electron chi connectivity index (χ4n) is 2.86. The van der Waals surface area contributed by atoms with Crippen molar-refractivity contribution >= 4 is 17.5 Å². The first-order valence-electron chi connectivity index (χ1n) is 9.32. The Morgan fingerprint density at radius 1 is 1.03 bits per heavy atom. The Labute approximate surface area is 172 Å². The summed E-state index contributed by atoms with van der Waals surface area (Å²) in [6, 6.07) is 18.4. The fraction of sp³-hybridized carbons (Fsp3) is 0.0909. The number of hydrogen-bond donors (Lipinski definition) is 2. The highest BCUT2D eigenvalue weighted by molar-refractivity contribution is 5.98. The van der Waals surface area contributed by atoms with E-state index in [1.165, 1.54) is 0 Å². The largest absolute Gasteiger partial charge is 0.355 e. The van der Waals surface area contributed by atoms with Crippen LogP contribution in [0.25, 0.3) is 11.3 Å². The summed E-state index contributed by atoms with van der Waals surface area (Å²) in [5.41, 5.74) is 2.67. The minimum absolute atomic E-state index is 0.116.